The van der Waals surface area contributed by atoms with Crippen molar-refractivity contribution in [2.45, 2.75) is 6.92 Å². The van der Waals surface area contributed by atoms with Crippen molar-refractivity contribution in [3.8, 4) is 23.0 Å². The van der Waals surface area contributed by atoms with E-state index in [1.54, 1.807) is 42.5 Å². The number of hydrogen-bond acceptors (Lipinski definition) is 5. The third kappa shape index (κ3) is 4.52. The van der Waals surface area contributed by atoms with E-state index in [4.69, 9.17) is 14.2 Å². The van der Waals surface area contributed by atoms with Gasteiger partial charge in [0.2, 0.25) is 0 Å². The Balaban J connectivity index is 1.38. The first-order chi connectivity index (χ1) is 14.6. The van der Waals surface area contributed by atoms with Gasteiger partial charge in [0.25, 0.3) is 11.8 Å². The van der Waals surface area contributed by atoms with Crippen molar-refractivity contribution in [3.05, 3.63) is 72.3 Å². The van der Waals surface area contributed by atoms with Gasteiger partial charge in [0.15, 0.2) is 6.61 Å². The smallest absolute Gasteiger partial charge is 0.262 e. The maximum Gasteiger partial charge on any atom is 0.262 e. The minimum Gasteiger partial charge on any atom is -0.494 e. The largest absolute Gasteiger partial charge is 0.494 e. The van der Waals surface area contributed by atoms with Gasteiger partial charge in [0.1, 0.15) is 23.0 Å². The number of anilines is 2. The number of benzene rings is 3. The van der Waals surface area contributed by atoms with E-state index in [0.717, 1.165) is 5.75 Å². The second kappa shape index (κ2) is 8.57. The number of carbonyl (C=O) groups excluding carboxylic acids is 2. The lowest BCUT2D eigenvalue weighted by Crippen LogP contribution is -2.25. The van der Waals surface area contributed by atoms with Crippen LogP contribution in [-0.4, -0.2) is 25.0 Å². The summed E-state index contributed by atoms with van der Waals surface area (Å²) in [5.74, 6) is 2.11. The molecular formula is C23H20N2O5. The van der Waals surface area contributed by atoms with E-state index in [2.05, 4.69) is 10.6 Å². The molecule has 1 heterocycles. The number of amides is 2. The lowest BCUT2D eigenvalue weighted by atomic mass is 10.1. The normalized spacial score (nSPS) is 12.2. The maximum absolute atomic E-state index is 12.5. The van der Waals surface area contributed by atoms with Crippen molar-refractivity contribution in [3.63, 3.8) is 0 Å². The quantitative estimate of drug-likeness (QED) is 0.634. The number of carbonyl (C=O) groups is 2. The Labute approximate surface area is 173 Å². The second-order valence-electron chi connectivity index (χ2n) is 6.53. The first-order valence-electron chi connectivity index (χ1n) is 9.49. The molecule has 1 aliphatic rings. The Morgan fingerprint density at radius 3 is 2.37 bits per heavy atom. The van der Waals surface area contributed by atoms with Crippen LogP contribution >= 0.6 is 0 Å². The third-order valence-electron chi connectivity index (χ3n) is 4.36. The molecule has 0 saturated heterocycles. The fourth-order valence-electron chi connectivity index (χ4n) is 2.93. The zero-order chi connectivity index (χ0) is 20.9. The van der Waals surface area contributed by atoms with Gasteiger partial charge in [-0.3, -0.25) is 9.59 Å². The molecule has 7 nitrogen and oxygen atoms in total. The van der Waals surface area contributed by atoms with E-state index in [0.29, 0.717) is 40.8 Å². The fourth-order valence-corrected chi connectivity index (χ4v) is 2.93. The summed E-state index contributed by atoms with van der Waals surface area (Å²) in [4.78, 5) is 23.9. The highest BCUT2D eigenvalue weighted by molar-refractivity contribution is 6.05. The summed E-state index contributed by atoms with van der Waals surface area (Å²) in [6.07, 6.45) is 0. The monoisotopic (exact) mass is 404 g/mol. The van der Waals surface area contributed by atoms with Gasteiger partial charge in [0.05, 0.1) is 12.3 Å². The Morgan fingerprint density at radius 1 is 1.00 bits per heavy atom. The highest BCUT2D eigenvalue weighted by Gasteiger charge is 2.18. The van der Waals surface area contributed by atoms with E-state index in [1.165, 1.54) is 0 Å². The van der Waals surface area contributed by atoms with Crippen LogP contribution in [0.4, 0.5) is 11.4 Å². The van der Waals surface area contributed by atoms with Crippen LogP contribution in [0.25, 0.3) is 0 Å². The van der Waals surface area contributed by atoms with Crippen LogP contribution in [0.1, 0.15) is 17.3 Å². The van der Waals surface area contributed by atoms with Crippen LogP contribution in [0.3, 0.4) is 0 Å². The van der Waals surface area contributed by atoms with Gasteiger partial charge in [-0.15, -0.1) is 0 Å². The van der Waals surface area contributed by atoms with Gasteiger partial charge < -0.3 is 24.8 Å². The maximum atomic E-state index is 12.5. The Morgan fingerprint density at radius 2 is 1.67 bits per heavy atom. The average Bonchev–Trinajstić information content (AvgIpc) is 2.76. The molecule has 2 amide bonds. The average molecular weight is 404 g/mol. The van der Waals surface area contributed by atoms with Gasteiger partial charge in [-0.05, 0) is 73.7 Å². The SMILES string of the molecule is CCOc1ccc(Oc2ccc(NC(=O)c3ccc4c(c3)OCC(=O)N4)cc2)cc1. The van der Waals surface area contributed by atoms with Gasteiger partial charge >= 0.3 is 0 Å². The van der Waals surface area contributed by atoms with Gasteiger partial charge in [-0.25, -0.2) is 0 Å². The molecule has 30 heavy (non-hydrogen) atoms. The molecule has 0 bridgehead atoms. The summed E-state index contributed by atoms with van der Waals surface area (Å²) >= 11 is 0. The molecule has 0 aromatic heterocycles. The number of nitrogens with one attached hydrogen (secondary N) is 2. The lowest BCUT2D eigenvalue weighted by Gasteiger charge is -2.18. The van der Waals surface area contributed by atoms with Crippen LogP contribution < -0.4 is 24.8 Å². The molecular weight excluding hydrogens is 384 g/mol. The van der Waals surface area contributed by atoms with Crippen LogP contribution in [0.5, 0.6) is 23.0 Å². The molecule has 3 aromatic rings. The van der Waals surface area contributed by atoms with Gasteiger partial charge in [0, 0.05) is 11.3 Å². The summed E-state index contributed by atoms with van der Waals surface area (Å²) in [6, 6.07) is 19.3. The summed E-state index contributed by atoms with van der Waals surface area (Å²) in [6.45, 7) is 2.49. The van der Waals surface area contributed by atoms with Crippen LogP contribution in [0, 0.1) is 0 Å². The van der Waals surface area contributed by atoms with Crippen molar-refractivity contribution in [2.75, 3.05) is 23.8 Å². The molecule has 0 spiro atoms. The predicted octanol–water partition coefficient (Wildman–Crippen LogP) is 4.46. The first kappa shape index (κ1) is 19.3. The molecule has 2 N–H and O–H groups in total. The number of hydrogen-bond donors (Lipinski definition) is 2. The molecule has 0 fully saturated rings. The zero-order valence-corrected chi connectivity index (χ0v) is 16.3. The molecule has 0 aliphatic carbocycles. The number of rotatable bonds is 6. The minimum atomic E-state index is -0.279. The second-order valence-corrected chi connectivity index (χ2v) is 6.53. The van der Waals surface area contributed by atoms with Crippen molar-refractivity contribution in [1.29, 1.82) is 0 Å². The Bertz CT molecular complexity index is 1060. The van der Waals surface area contributed by atoms with Crippen LogP contribution in [-0.2, 0) is 4.79 Å². The van der Waals surface area contributed by atoms with E-state index in [9.17, 15) is 9.59 Å². The molecule has 0 atom stereocenters. The standard InChI is InChI=1S/C23H20N2O5/c1-2-28-17-8-10-19(11-9-17)30-18-6-4-16(5-7-18)24-23(27)15-3-12-20-21(13-15)29-14-22(26)25-20/h3-13H,2,14H2,1H3,(H,24,27)(H,25,26). The summed E-state index contributed by atoms with van der Waals surface area (Å²) in [5, 5.41) is 5.53. The Kier molecular flexibility index (Phi) is 5.52. The number of fused-ring (bicyclic) bond motifs is 1. The highest BCUT2D eigenvalue weighted by Crippen LogP contribution is 2.29. The molecule has 1 aliphatic heterocycles. The van der Waals surface area contributed by atoms with Gasteiger partial charge in [-0.2, -0.15) is 0 Å². The van der Waals surface area contributed by atoms with E-state index >= 15 is 0 Å². The molecule has 152 valence electrons. The number of ether oxygens (including phenoxy) is 3. The topological polar surface area (TPSA) is 85.9 Å². The molecule has 0 saturated carbocycles. The predicted molar refractivity (Wildman–Crippen MR) is 113 cm³/mol. The first-order valence-corrected chi connectivity index (χ1v) is 9.49. The zero-order valence-electron chi connectivity index (χ0n) is 16.3. The van der Waals surface area contributed by atoms with Crippen molar-refractivity contribution in [2.24, 2.45) is 0 Å². The van der Waals surface area contributed by atoms with E-state index in [-0.39, 0.29) is 18.4 Å². The van der Waals surface area contributed by atoms with E-state index < -0.39 is 0 Å². The highest BCUT2D eigenvalue weighted by atomic mass is 16.5. The lowest BCUT2D eigenvalue weighted by molar-refractivity contribution is -0.118. The summed E-state index contributed by atoms with van der Waals surface area (Å²) in [7, 11) is 0. The molecule has 7 heteroatoms. The Hall–Kier alpha value is -4.00. The summed E-state index contributed by atoms with van der Waals surface area (Å²) < 4.78 is 16.6. The van der Waals surface area contributed by atoms with Crippen LogP contribution in [0.2, 0.25) is 0 Å². The fraction of sp³-hybridized carbons (Fsp3) is 0.130. The van der Waals surface area contributed by atoms with Crippen LogP contribution in [0.15, 0.2) is 66.7 Å². The van der Waals surface area contributed by atoms with Crippen molar-refractivity contribution >= 4 is 23.2 Å². The molecule has 0 radical (unpaired) electrons. The van der Waals surface area contributed by atoms with Gasteiger partial charge in [-0.1, -0.05) is 0 Å². The third-order valence-corrected chi connectivity index (χ3v) is 4.36. The minimum absolute atomic E-state index is 0.0616. The van der Waals surface area contributed by atoms with E-state index in [1.807, 2.05) is 31.2 Å². The van der Waals surface area contributed by atoms with Crippen molar-refractivity contribution < 1.29 is 23.8 Å². The molecule has 4 rings (SSSR count). The summed E-state index contributed by atoms with van der Waals surface area (Å²) in [5.41, 5.74) is 1.61. The molecule has 3 aromatic carbocycles. The van der Waals surface area contributed by atoms with Crippen molar-refractivity contribution in [1.82, 2.24) is 0 Å². The molecule has 0 unspecified atom stereocenters.